The number of phosphoric acid groups is 1. The molecule has 0 aromatic carbocycles. The van der Waals surface area contributed by atoms with Crippen LogP contribution in [0.5, 0.6) is 0 Å². The minimum atomic E-state index is -5.03. The van der Waals surface area contributed by atoms with Gasteiger partial charge in [0.05, 0.1) is 25.4 Å². The standard InChI is InChI=1S/C24H40BN7O10P2S/c1-15(33)45-14-31-18(34)6-7-27-23(36)20(35)24(2,3)11-41-44(38,39)42-43(25,37)40-10-17-5-4-16(8-17)9-32-13-30-19-21(26)28-12-29-22(19)32/h13,16-17,20,29,35H,4-12,14H2,1-3H3,(H2,26,28)(H,27,36)(H,31,34)(H,38,39). The Kier molecular flexibility index (Phi) is 13.3. The van der Waals surface area contributed by atoms with Gasteiger partial charge < -0.3 is 40.8 Å². The van der Waals surface area contributed by atoms with Crippen molar-refractivity contribution >= 4 is 63.2 Å². The number of nitrogens with two attached hydrogens (primary N) is 1. The van der Waals surface area contributed by atoms with E-state index in [-0.39, 0.29) is 42.4 Å². The number of carbonyl (C=O) groups is 3. The summed E-state index contributed by atoms with van der Waals surface area (Å²) in [7, 11) is -3.97. The van der Waals surface area contributed by atoms with Crippen molar-refractivity contribution in [3.63, 3.8) is 0 Å². The highest BCUT2D eigenvalue weighted by Crippen LogP contribution is 2.61. The van der Waals surface area contributed by atoms with E-state index in [2.05, 4.69) is 30.2 Å². The number of carbonyl (C=O) groups excluding carboxylic acids is 3. The predicted octanol–water partition coefficient (Wildman–Crippen LogP) is 1.06. The van der Waals surface area contributed by atoms with Crippen LogP contribution < -0.4 is 21.7 Å². The van der Waals surface area contributed by atoms with Crippen LogP contribution in [0.4, 0.5) is 5.82 Å². The fourth-order valence-corrected chi connectivity index (χ4v) is 7.60. The van der Waals surface area contributed by atoms with E-state index in [0.29, 0.717) is 24.7 Å². The first kappa shape index (κ1) is 37.2. The Hall–Kier alpha value is -2.24. The average molecular weight is 691 g/mol. The molecule has 5 atom stereocenters. The molecule has 45 heavy (non-hydrogen) atoms. The van der Waals surface area contributed by atoms with Crippen LogP contribution in [0.2, 0.25) is 0 Å². The number of fused-ring (bicyclic) bond motifs is 1. The molecule has 2 aliphatic rings. The lowest BCUT2D eigenvalue weighted by atomic mass is 9.87. The minimum Gasteiger partial charge on any atom is -0.383 e. The predicted molar refractivity (Wildman–Crippen MR) is 167 cm³/mol. The Morgan fingerprint density at radius 1 is 1.27 bits per heavy atom. The first-order chi connectivity index (χ1) is 21.0. The largest absolute Gasteiger partial charge is 0.478 e. The number of rotatable bonds is 17. The Morgan fingerprint density at radius 2 is 1.98 bits per heavy atom. The molecule has 1 aliphatic carbocycles. The molecule has 17 nitrogen and oxygen atoms in total. The van der Waals surface area contributed by atoms with Crippen molar-refractivity contribution in [2.45, 2.75) is 59.1 Å². The average Bonchev–Trinajstić information content (AvgIpc) is 3.57. The van der Waals surface area contributed by atoms with Crippen LogP contribution in [-0.4, -0.2) is 88.3 Å². The molecule has 2 radical (unpaired) electrons. The number of hydrogen-bond acceptors (Lipinski definition) is 14. The maximum atomic E-state index is 12.7. The highest BCUT2D eigenvalue weighted by Gasteiger charge is 2.39. The number of anilines is 1. The van der Waals surface area contributed by atoms with Crippen LogP contribution in [-0.2, 0) is 43.4 Å². The summed E-state index contributed by atoms with van der Waals surface area (Å²) in [6.07, 6.45) is 2.23. The second-order valence-electron chi connectivity index (χ2n) is 11.5. The third-order valence-corrected chi connectivity index (χ3v) is 10.6. The van der Waals surface area contributed by atoms with Crippen molar-refractivity contribution < 1.29 is 46.9 Å². The van der Waals surface area contributed by atoms with Crippen LogP contribution in [0.25, 0.3) is 0 Å². The quantitative estimate of drug-likeness (QED) is 0.0760. The van der Waals surface area contributed by atoms with E-state index in [1.54, 1.807) is 6.33 Å². The van der Waals surface area contributed by atoms with E-state index in [1.807, 2.05) is 4.57 Å². The summed E-state index contributed by atoms with van der Waals surface area (Å²) >= 11 is 0.921. The van der Waals surface area contributed by atoms with Gasteiger partial charge >= 0.3 is 7.82 Å². The van der Waals surface area contributed by atoms with Gasteiger partial charge in [-0.3, -0.25) is 23.5 Å². The number of nitrogens with zero attached hydrogens (tertiary/aromatic N) is 3. The normalized spacial score (nSPS) is 21.4. The van der Waals surface area contributed by atoms with E-state index in [9.17, 15) is 33.5 Å². The summed E-state index contributed by atoms with van der Waals surface area (Å²) in [5.74, 6) is 0.265. The number of hydrogen-bond donors (Lipinski definition) is 6. The maximum Gasteiger partial charge on any atom is 0.478 e. The van der Waals surface area contributed by atoms with Crippen LogP contribution in [0.3, 0.4) is 0 Å². The number of nitrogens with one attached hydrogen (secondary N) is 3. The van der Waals surface area contributed by atoms with E-state index < -0.39 is 45.2 Å². The molecule has 5 unspecified atom stereocenters. The van der Waals surface area contributed by atoms with Gasteiger partial charge in [-0.2, -0.15) is 0 Å². The number of imidazole rings is 1. The Labute approximate surface area is 266 Å². The highest BCUT2D eigenvalue weighted by molar-refractivity contribution is 8.13. The molecule has 0 spiro atoms. The highest BCUT2D eigenvalue weighted by atomic mass is 32.2. The number of amidine groups is 1. The zero-order valence-electron chi connectivity index (χ0n) is 25.3. The third kappa shape index (κ3) is 11.8. The molecule has 2 amide bonds. The van der Waals surface area contributed by atoms with Gasteiger partial charge in [-0.05, 0) is 31.1 Å². The summed E-state index contributed by atoms with van der Waals surface area (Å²) in [6.45, 7) is 4.35. The van der Waals surface area contributed by atoms with Crippen LogP contribution in [0.1, 0.15) is 52.1 Å². The molecule has 0 bridgehead atoms. The van der Waals surface area contributed by atoms with Crippen molar-refractivity contribution in [3.8, 4) is 0 Å². The Bertz CT molecular complexity index is 1360. The van der Waals surface area contributed by atoms with Crippen molar-refractivity contribution in [2.75, 3.05) is 37.6 Å². The number of amides is 2. The molecule has 3 rings (SSSR count). The summed E-state index contributed by atoms with van der Waals surface area (Å²) in [5, 5.41) is 18.3. The molecule has 21 heteroatoms. The lowest BCUT2D eigenvalue weighted by Gasteiger charge is -2.30. The molecule has 1 aromatic rings. The number of aromatic nitrogens is 2. The van der Waals surface area contributed by atoms with Gasteiger partial charge in [0.1, 0.15) is 30.1 Å². The lowest BCUT2D eigenvalue weighted by molar-refractivity contribution is -0.137. The van der Waals surface area contributed by atoms with Gasteiger partial charge in [0, 0.05) is 31.8 Å². The second-order valence-corrected chi connectivity index (χ2v) is 15.8. The smallest absolute Gasteiger partial charge is 0.383 e. The lowest BCUT2D eigenvalue weighted by Crippen LogP contribution is -2.46. The molecular formula is C24H40BN7O10P2S. The van der Waals surface area contributed by atoms with Gasteiger partial charge in [0.25, 0.3) is 7.47 Å². The summed E-state index contributed by atoms with van der Waals surface area (Å²) in [5.41, 5.74) is 5.09. The van der Waals surface area contributed by atoms with Gasteiger partial charge in [0.15, 0.2) is 5.12 Å². The molecule has 1 aromatic heterocycles. The van der Waals surface area contributed by atoms with Crippen molar-refractivity contribution in [1.29, 1.82) is 0 Å². The molecular weight excluding hydrogens is 651 g/mol. The van der Waals surface area contributed by atoms with E-state index in [4.69, 9.17) is 22.3 Å². The number of aliphatic hydroxyl groups is 1. The Balaban J connectivity index is 1.38. The van der Waals surface area contributed by atoms with Crippen molar-refractivity contribution in [3.05, 3.63) is 12.0 Å². The van der Waals surface area contributed by atoms with Crippen molar-refractivity contribution in [1.82, 2.24) is 20.2 Å². The fraction of sp³-hybridized carbons (Fsp3) is 0.708. The van der Waals surface area contributed by atoms with Gasteiger partial charge in [-0.1, -0.05) is 25.6 Å². The van der Waals surface area contributed by atoms with Gasteiger partial charge in [-0.15, -0.1) is 0 Å². The van der Waals surface area contributed by atoms with Crippen LogP contribution in [0, 0.1) is 17.3 Å². The molecule has 2 heterocycles. The molecule has 0 saturated heterocycles. The fourth-order valence-electron chi connectivity index (χ4n) is 4.73. The minimum absolute atomic E-state index is 0.0218. The summed E-state index contributed by atoms with van der Waals surface area (Å²) in [4.78, 5) is 53.6. The van der Waals surface area contributed by atoms with E-state index >= 15 is 0 Å². The zero-order valence-corrected chi connectivity index (χ0v) is 27.9. The summed E-state index contributed by atoms with van der Waals surface area (Å²) < 4.78 is 41.9. The third-order valence-electron chi connectivity index (χ3n) is 7.17. The molecule has 1 fully saturated rings. The second kappa shape index (κ2) is 16.0. The molecule has 7 N–H and O–H groups in total. The molecule has 1 saturated carbocycles. The van der Waals surface area contributed by atoms with Crippen LogP contribution in [0.15, 0.2) is 11.3 Å². The number of thioether (sulfide) groups is 1. The Morgan fingerprint density at radius 3 is 2.69 bits per heavy atom. The first-order valence-electron chi connectivity index (χ1n) is 14.1. The van der Waals surface area contributed by atoms with Crippen LogP contribution >= 0.6 is 27.1 Å². The monoisotopic (exact) mass is 691 g/mol. The van der Waals surface area contributed by atoms with Gasteiger partial charge in [0.2, 0.25) is 19.4 Å². The van der Waals surface area contributed by atoms with E-state index in [1.165, 1.54) is 20.8 Å². The van der Waals surface area contributed by atoms with Crippen molar-refractivity contribution in [2.24, 2.45) is 28.0 Å². The van der Waals surface area contributed by atoms with Gasteiger partial charge in [-0.25, -0.2) is 18.9 Å². The maximum absolute atomic E-state index is 12.7. The SMILES string of the molecule is [B]P(=O)(OCC1CCC(Cn2cnc3c2NCN=C3N)C1)OP(=O)(O)OCC(C)(C)C(O)C(=O)NCCC(=O)NCSC(C)=O. The molecule has 250 valence electrons. The number of phosphoric ester groups is 1. The summed E-state index contributed by atoms with van der Waals surface area (Å²) in [6, 6.07) is 0. The number of aliphatic imine (C=N–C) groups is 1. The molecule has 1 aliphatic heterocycles. The number of aliphatic hydroxyl groups excluding tert-OH is 1. The van der Waals surface area contributed by atoms with E-state index in [0.717, 1.165) is 36.8 Å². The zero-order chi connectivity index (χ0) is 33.4. The first-order valence-corrected chi connectivity index (χ1v) is 18.2. The topological polar surface area (TPSA) is 246 Å².